The van der Waals surface area contributed by atoms with Gasteiger partial charge in [0.2, 0.25) is 0 Å². The van der Waals surface area contributed by atoms with Crippen LogP contribution in [0.4, 0.5) is 5.69 Å². The zero-order valence-electron chi connectivity index (χ0n) is 15.5. The Bertz CT molecular complexity index is 738. The molecule has 0 aliphatic carbocycles. The summed E-state index contributed by atoms with van der Waals surface area (Å²) in [6, 6.07) is 14.3. The summed E-state index contributed by atoms with van der Waals surface area (Å²) in [5.74, 6) is 0.210. The van der Waals surface area contributed by atoms with Crippen LogP contribution in [-0.2, 0) is 16.0 Å². The average molecular weight is 355 g/mol. The van der Waals surface area contributed by atoms with Crippen molar-refractivity contribution in [1.29, 1.82) is 0 Å². The summed E-state index contributed by atoms with van der Waals surface area (Å²) < 4.78 is 10.6. The van der Waals surface area contributed by atoms with E-state index in [4.69, 9.17) is 9.47 Å². The highest BCUT2D eigenvalue weighted by atomic mass is 16.5. The van der Waals surface area contributed by atoms with Gasteiger partial charge >= 0.3 is 5.97 Å². The van der Waals surface area contributed by atoms with E-state index in [1.54, 1.807) is 30.3 Å². The number of amides is 1. The first-order chi connectivity index (χ1) is 12.5. The SMILES string of the molecule is CCc1cccc(NC(=O)COC(=O)c2ccc(OCC(C)C)cc2)c1. The van der Waals surface area contributed by atoms with Gasteiger partial charge in [0.05, 0.1) is 12.2 Å². The Morgan fingerprint density at radius 3 is 2.46 bits per heavy atom. The van der Waals surface area contributed by atoms with Gasteiger partial charge in [0.15, 0.2) is 6.61 Å². The van der Waals surface area contributed by atoms with Crippen molar-refractivity contribution in [3.63, 3.8) is 0 Å². The van der Waals surface area contributed by atoms with Crippen molar-refractivity contribution in [1.82, 2.24) is 0 Å². The van der Waals surface area contributed by atoms with E-state index in [1.165, 1.54) is 0 Å². The molecule has 5 heteroatoms. The Balaban J connectivity index is 1.82. The summed E-state index contributed by atoms with van der Waals surface area (Å²) in [5, 5.41) is 2.72. The minimum Gasteiger partial charge on any atom is -0.493 e. The largest absolute Gasteiger partial charge is 0.493 e. The molecule has 0 aromatic heterocycles. The van der Waals surface area contributed by atoms with E-state index >= 15 is 0 Å². The predicted molar refractivity (Wildman–Crippen MR) is 102 cm³/mol. The highest BCUT2D eigenvalue weighted by Gasteiger charge is 2.11. The molecule has 138 valence electrons. The van der Waals surface area contributed by atoms with E-state index in [1.807, 2.05) is 25.1 Å². The Morgan fingerprint density at radius 1 is 1.08 bits per heavy atom. The normalized spacial score (nSPS) is 10.5. The molecule has 0 atom stereocenters. The van der Waals surface area contributed by atoms with Crippen LogP contribution in [0.3, 0.4) is 0 Å². The molecule has 5 nitrogen and oxygen atoms in total. The number of nitrogens with one attached hydrogen (secondary N) is 1. The number of rotatable bonds is 8. The van der Waals surface area contributed by atoms with Gasteiger partial charge < -0.3 is 14.8 Å². The summed E-state index contributed by atoms with van der Waals surface area (Å²) in [6.45, 7) is 6.45. The number of aryl methyl sites for hydroxylation is 1. The van der Waals surface area contributed by atoms with Crippen molar-refractivity contribution in [2.45, 2.75) is 27.2 Å². The Labute approximate surface area is 154 Å². The maximum atomic E-state index is 12.0. The lowest BCUT2D eigenvalue weighted by Gasteiger charge is -2.10. The molecule has 0 saturated heterocycles. The molecular formula is C21H25NO4. The van der Waals surface area contributed by atoms with Gasteiger partial charge in [-0.15, -0.1) is 0 Å². The molecule has 1 amide bonds. The molecule has 0 aliphatic heterocycles. The molecule has 2 aromatic carbocycles. The lowest BCUT2D eigenvalue weighted by atomic mass is 10.1. The number of hydrogen-bond acceptors (Lipinski definition) is 4. The minimum absolute atomic E-state index is 0.333. The lowest BCUT2D eigenvalue weighted by Crippen LogP contribution is -2.21. The summed E-state index contributed by atoms with van der Waals surface area (Å²) in [5.41, 5.74) is 2.19. The summed E-state index contributed by atoms with van der Waals surface area (Å²) in [4.78, 5) is 24.0. The van der Waals surface area contributed by atoms with Crippen LogP contribution in [0, 0.1) is 5.92 Å². The predicted octanol–water partition coefficient (Wildman–Crippen LogP) is 4.08. The molecule has 2 rings (SSSR count). The topological polar surface area (TPSA) is 64.6 Å². The van der Waals surface area contributed by atoms with E-state index in [0.29, 0.717) is 29.5 Å². The van der Waals surface area contributed by atoms with Gasteiger partial charge in [0.25, 0.3) is 5.91 Å². The highest BCUT2D eigenvalue weighted by molar-refractivity contribution is 5.95. The fraction of sp³-hybridized carbons (Fsp3) is 0.333. The number of esters is 1. The van der Waals surface area contributed by atoms with Crippen LogP contribution in [0.15, 0.2) is 48.5 Å². The number of hydrogen-bond donors (Lipinski definition) is 1. The van der Waals surface area contributed by atoms with Crippen LogP contribution in [-0.4, -0.2) is 25.1 Å². The monoisotopic (exact) mass is 355 g/mol. The van der Waals surface area contributed by atoms with Gasteiger partial charge in [-0.05, 0) is 54.3 Å². The van der Waals surface area contributed by atoms with Crippen molar-refractivity contribution < 1.29 is 19.1 Å². The number of anilines is 1. The molecule has 0 heterocycles. The van der Waals surface area contributed by atoms with Gasteiger partial charge in [0.1, 0.15) is 5.75 Å². The smallest absolute Gasteiger partial charge is 0.338 e. The molecule has 0 radical (unpaired) electrons. The van der Waals surface area contributed by atoms with Crippen LogP contribution in [0.2, 0.25) is 0 Å². The lowest BCUT2D eigenvalue weighted by molar-refractivity contribution is -0.119. The second-order valence-corrected chi connectivity index (χ2v) is 6.41. The number of carbonyl (C=O) groups is 2. The van der Waals surface area contributed by atoms with Crippen molar-refractivity contribution >= 4 is 17.6 Å². The van der Waals surface area contributed by atoms with Gasteiger partial charge in [-0.25, -0.2) is 4.79 Å². The highest BCUT2D eigenvalue weighted by Crippen LogP contribution is 2.14. The zero-order chi connectivity index (χ0) is 18.9. The number of benzene rings is 2. The maximum absolute atomic E-state index is 12.0. The van der Waals surface area contributed by atoms with E-state index in [2.05, 4.69) is 19.2 Å². The number of ether oxygens (including phenoxy) is 2. The molecule has 1 N–H and O–H groups in total. The molecule has 0 spiro atoms. The van der Waals surface area contributed by atoms with Crippen LogP contribution < -0.4 is 10.1 Å². The fourth-order valence-corrected chi connectivity index (χ4v) is 2.23. The first kappa shape index (κ1) is 19.5. The first-order valence-corrected chi connectivity index (χ1v) is 8.76. The third-order valence-corrected chi connectivity index (χ3v) is 3.63. The molecule has 0 fully saturated rings. The van der Waals surface area contributed by atoms with E-state index in [-0.39, 0.29) is 12.5 Å². The number of carbonyl (C=O) groups excluding carboxylic acids is 2. The fourth-order valence-electron chi connectivity index (χ4n) is 2.23. The van der Waals surface area contributed by atoms with Gasteiger partial charge in [0, 0.05) is 5.69 Å². The quantitative estimate of drug-likeness (QED) is 0.725. The maximum Gasteiger partial charge on any atom is 0.338 e. The molecule has 0 unspecified atom stereocenters. The molecule has 26 heavy (non-hydrogen) atoms. The first-order valence-electron chi connectivity index (χ1n) is 8.76. The van der Waals surface area contributed by atoms with Crippen molar-refractivity contribution in [2.75, 3.05) is 18.5 Å². The third-order valence-electron chi connectivity index (χ3n) is 3.63. The van der Waals surface area contributed by atoms with E-state index in [0.717, 1.165) is 12.0 Å². The van der Waals surface area contributed by atoms with Crippen molar-refractivity contribution in [3.8, 4) is 5.75 Å². The Kier molecular flexibility index (Phi) is 7.21. The van der Waals surface area contributed by atoms with Crippen LogP contribution in [0.1, 0.15) is 36.7 Å². The molecule has 0 saturated carbocycles. The van der Waals surface area contributed by atoms with E-state index < -0.39 is 5.97 Å². The molecule has 2 aromatic rings. The van der Waals surface area contributed by atoms with Gasteiger partial charge in [-0.2, -0.15) is 0 Å². The second-order valence-electron chi connectivity index (χ2n) is 6.41. The third kappa shape index (κ3) is 6.24. The zero-order valence-corrected chi connectivity index (χ0v) is 15.5. The average Bonchev–Trinajstić information content (AvgIpc) is 2.65. The molecule has 0 bridgehead atoms. The Morgan fingerprint density at radius 2 is 1.81 bits per heavy atom. The van der Waals surface area contributed by atoms with Crippen LogP contribution in [0.5, 0.6) is 5.75 Å². The van der Waals surface area contributed by atoms with Crippen LogP contribution >= 0.6 is 0 Å². The standard InChI is InChI=1S/C21H25NO4/c1-4-16-6-5-7-18(12-16)22-20(23)14-26-21(24)17-8-10-19(11-9-17)25-13-15(2)3/h5-12,15H,4,13-14H2,1-3H3,(H,22,23). The summed E-state index contributed by atoms with van der Waals surface area (Å²) in [6.07, 6.45) is 0.884. The summed E-state index contributed by atoms with van der Waals surface area (Å²) in [7, 11) is 0. The van der Waals surface area contributed by atoms with Crippen molar-refractivity contribution in [2.24, 2.45) is 5.92 Å². The molecule has 0 aliphatic rings. The minimum atomic E-state index is -0.544. The van der Waals surface area contributed by atoms with E-state index in [9.17, 15) is 9.59 Å². The summed E-state index contributed by atoms with van der Waals surface area (Å²) >= 11 is 0. The van der Waals surface area contributed by atoms with Crippen molar-refractivity contribution in [3.05, 3.63) is 59.7 Å². The molecular weight excluding hydrogens is 330 g/mol. The van der Waals surface area contributed by atoms with Crippen LogP contribution in [0.25, 0.3) is 0 Å². The van der Waals surface area contributed by atoms with Gasteiger partial charge in [-0.1, -0.05) is 32.9 Å². The second kappa shape index (κ2) is 9.61. The van der Waals surface area contributed by atoms with Gasteiger partial charge in [-0.3, -0.25) is 4.79 Å². The Hall–Kier alpha value is -2.82.